The largest absolute Gasteiger partial charge is 0.481 e. The third-order valence-electron chi connectivity index (χ3n) is 21.7. The highest BCUT2D eigenvalue weighted by Gasteiger charge is 2.23. The van der Waals surface area contributed by atoms with E-state index in [1.807, 2.05) is 164 Å². The monoisotopic (exact) mass is 2000 g/mol. The molecule has 25 nitrogen and oxygen atoms in total. The molecule has 0 saturated carbocycles. The number of aliphatic carboxylic acids is 2. The fraction of sp³-hybridized carbons (Fsp3) is 0.195. The number of aromatic nitrogens is 10. The lowest BCUT2D eigenvalue weighted by Crippen LogP contribution is -2.07. The van der Waals surface area contributed by atoms with E-state index in [9.17, 15) is 24.0 Å². The zero-order chi connectivity index (χ0) is 103. The quantitative estimate of drug-likeness (QED) is 0.0161. The Morgan fingerprint density at radius 2 is 0.503 bits per heavy atom. The van der Waals surface area contributed by atoms with Gasteiger partial charge in [-0.15, -0.1) is 76.4 Å². The average Bonchev–Trinajstić information content (AvgIpc) is 1.60. The zero-order valence-corrected chi connectivity index (χ0v) is 85.9. The number of aryl methyl sites for hydroxylation is 5. The van der Waals surface area contributed by atoms with Crippen molar-refractivity contribution < 1.29 is 49.5 Å². The number of rotatable bonds is 38. The summed E-state index contributed by atoms with van der Waals surface area (Å²) in [4.78, 5) is 114. The predicted octanol–water partition coefficient (Wildman–Crippen LogP) is 28.9. The van der Waals surface area contributed by atoms with Crippen LogP contribution in [0.2, 0.25) is 0 Å². The SMILES string of the molecule is C/C=C\c1ccc(-c2nc(C)c(CC)c(Nc3ccc(C(=O)O)cc3)n2)s1.C/C=C\c1ccc(-c2nc(CC)c(CC)c(Nc3ccc(C(=O)O)cc3)n2)s1.C=CCc1c(C)nc(-c2ccc(/C=C\C)s2)nc1Nc1ccc(CC(=O)O)cc1.C=CCc1c(CC)nc(-c2ccc(/C=C\C)s2)nc1Nc1ccc(C(=O)O)cc1.C=CCc1c(CC)nc(-c2ccc(/C=C\C)s2)nc1Nc1ccc(CC(=O)O)cc1. The summed E-state index contributed by atoms with van der Waals surface area (Å²) in [6, 6.07) is 55.2. The van der Waals surface area contributed by atoms with Gasteiger partial charge in [-0.2, -0.15) is 0 Å². The van der Waals surface area contributed by atoms with Crippen molar-refractivity contribution in [2.45, 2.75) is 147 Å². The molecule has 0 fully saturated rings. The van der Waals surface area contributed by atoms with E-state index in [2.05, 4.69) is 147 Å². The van der Waals surface area contributed by atoms with Gasteiger partial charge in [-0.3, -0.25) is 9.59 Å². The van der Waals surface area contributed by atoms with Crippen LogP contribution in [-0.2, 0) is 73.8 Å². The number of benzene rings is 5. The highest BCUT2D eigenvalue weighted by atomic mass is 32.1. The van der Waals surface area contributed by atoms with E-state index in [0.29, 0.717) is 48.4 Å². The van der Waals surface area contributed by atoms with E-state index in [1.54, 1.807) is 142 Å². The van der Waals surface area contributed by atoms with Crippen LogP contribution in [0.25, 0.3) is 83.9 Å². The Morgan fingerprint density at radius 3 is 0.741 bits per heavy atom. The smallest absolute Gasteiger partial charge is 0.335 e. The first-order valence-corrected chi connectivity index (χ1v) is 50.6. The summed E-state index contributed by atoms with van der Waals surface area (Å²) in [6.45, 7) is 35.9. The number of carbonyl (C=O) groups is 5. The molecule has 5 aromatic carbocycles. The van der Waals surface area contributed by atoms with Gasteiger partial charge in [0.15, 0.2) is 29.1 Å². The topological polar surface area (TPSA) is 376 Å². The molecule has 0 amide bonds. The normalized spacial score (nSPS) is 11.0. The maximum Gasteiger partial charge on any atom is 0.335 e. The van der Waals surface area contributed by atoms with E-state index in [1.165, 1.54) is 0 Å². The van der Waals surface area contributed by atoms with Crippen molar-refractivity contribution in [3.8, 4) is 53.5 Å². The molecule has 10 N–H and O–H groups in total. The minimum Gasteiger partial charge on any atom is -0.481 e. The average molecular weight is 2000 g/mol. The Kier molecular flexibility index (Phi) is 40.4. The summed E-state index contributed by atoms with van der Waals surface area (Å²) in [7, 11) is 0. The third kappa shape index (κ3) is 30.4. The van der Waals surface area contributed by atoms with Crippen molar-refractivity contribution in [3.05, 3.63) is 359 Å². The van der Waals surface area contributed by atoms with Crippen LogP contribution in [0.1, 0.15) is 192 Å². The fourth-order valence-electron chi connectivity index (χ4n) is 14.8. The predicted molar refractivity (Wildman–Crippen MR) is 591 cm³/mol. The van der Waals surface area contributed by atoms with Crippen molar-refractivity contribution in [1.29, 1.82) is 0 Å². The molecule has 10 heterocycles. The van der Waals surface area contributed by atoms with Gasteiger partial charge in [-0.25, -0.2) is 64.2 Å². The Morgan fingerprint density at radius 1 is 0.280 bits per heavy atom. The number of anilines is 10. The van der Waals surface area contributed by atoms with Crippen molar-refractivity contribution in [1.82, 2.24) is 49.8 Å². The molecule has 0 saturated heterocycles. The fourth-order valence-corrected chi connectivity index (χ4v) is 19.4. The Labute approximate surface area is 853 Å². The minimum absolute atomic E-state index is 0.00563. The number of nitrogens with one attached hydrogen (secondary N) is 5. The number of allylic oxidation sites excluding steroid dienone is 8. The second-order valence-electron chi connectivity index (χ2n) is 31.9. The van der Waals surface area contributed by atoms with Gasteiger partial charge < -0.3 is 52.1 Å². The summed E-state index contributed by atoms with van der Waals surface area (Å²) < 4.78 is 0. The Hall–Kier alpha value is -15.7. The molecule has 143 heavy (non-hydrogen) atoms. The van der Waals surface area contributed by atoms with Crippen LogP contribution < -0.4 is 26.6 Å². The Bertz CT molecular complexity index is 7130. The van der Waals surface area contributed by atoms with E-state index in [0.717, 1.165) is 206 Å². The first kappa shape index (κ1) is 108. The highest BCUT2D eigenvalue weighted by molar-refractivity contribution is 7.17. The lowest BCUT2D eigenvalue weighted by atomic mass is 10.1. The number of hydrogen-bond acceptors (Lipinski definition) is 25. The van der Waals surface area contributed by atoms with E-state index in [4.69, 9.17) is 70.4 Å². The van der Waals surface area contributed by atoms with Gasteiger partial charge in [-0.1, -0.05) is 107 Å². The van der Waals surface area contributed by atoms with Crippen molar-refractivity contribution in [3.63, 3.8) is 0 Å². The third-order valence-corrected chi connectivity index (χ3v) is 26.9. The second kappa shape index (κ2) is 53.6. The van der Waals surface area contributed by atoms with Crippen molar-refractivity contribution >= 4 is 174 Å². The van der Waals surface area contributed by atoms with E-state index >= 15 is 0 Å². The molecule has 0 radical (unpaired) electrons. The van der Waals surface area contributed by atoms with Crippen LogP contribution in [0.4, 0.5) is 57.5 Å². The van der Waals surface area contributed by atoms with E-state index < -0.39 is 29.8 Å². The van der Waals surface area contributed by atoms with Crippen molar-refractivity contribution in [2.24, 2.45) is 0 Å². The van der Waals surface area contributed by atoms with Gasteiger partial charge >= 0.3 is 29.8 Å². The summed E-state index contributed by atoms with van der Waals surface area (Å²) in [6.07, 6.45) is 31.9. The molecule has 0 unspecified atom stereocenters. The molecule has 732 valence electrons. The van der Waals surface area contributed by atoms with Crippen LogP contribution >= 0.6 is 56.7 Å². The Balaban J connectivity index is 0.000000171. The molecule has 0 atom stereocenters. The van der Waals surface area contributed by atoms with E-state index in [-0.39, 0.29) is 29.5 Å². The summed E-state index contributed by atoms with van der Waals surface area (Å²) in [5.74, 6) is 2.68. The number of aromatic carboxylic acids is 3. The maximum absolute atomic E-state index is 11.1. The standard InChI is InChI=1S/C24H25N3O2S.2C23H23N3O2S.C22H23N3O2S.C21H21N3O2S/c1-4-7-18-13-14-21(30-18)24-26-20(6-3)19(8-5-2)23(27-24)25-17-11-9-16(10-12-17)15-22(28)29;1-4-6-18-12-13-20(29-18)23-24-15(3)19(7-5-2)22(26-23)25-17-10-8-16(9-11-17)14-21(27)28;1-4-7-17-13-14-20(29-17)22-25-19(6-3)18(8-5-2)21(26-22)24-16-11-9-15(10-12-16)23(27)28;1-4-7-16-12-13-19(28-16)21-24-18(6-3)17(5-2)20(25-21)23-15-10-8-14(9-11-15)22(26)27;1-4-6-16-11-12-18(27-16)20-22-13(3)17(5-2)19(24-20)23-15-9-7-14(8-10-15)21(25)26/h4-5,7,9-14H,2,6,8,15H2,1,3H3,(H,28,29)(H,25,26,27);4-6,8-13H,2,7,14H2,1,3H3,(H,27,28)(H,24,25,26);4-5,7,9-14H,2,6,8H2,1,3H3,(H,27,28)(H,24,25,26);4,7-13H,5-6H2,1-3H3,(H,26,27)(H,23,24,25);4,6-12H,5H2,1-3H3,(H,25,26)(H,22,23,24)/b7-4-;6-4-;2*7-4-;6-4-. The van der Waals surface area contributed by atoms with Crippen LogP contribution in [0, 0.1) is 13.8 Å². The molecular weight excluding hydrogens is 1890 g/mol. The molecule has 0 spiro atoms. The molecule has 0 bridgehead atoms. The molecule has 0 aliphatic rings. The van der Waals surface area contributed by atoms with Gasteiger partial charge in [-0.05, 0) is 299 Å². The van der Waals surface area contributed by atoms with Gasteiger partial charge in [0.1, 0.15) is 29.1 Å². The molecule has 30 heteroatoms. The number of hydrogen-bond donors (Lipinski definition) is 10. The summed E-state index contributed by atoms with van der Waals surface area (Å²) >= 11 is 8.25. The molecule has 0 aliphatic heterocycles. The van der Waals surface area contributed by atoms with Gasteiger partial charge in [0.25, 0.3) is 0 Å². The molecule has 0 aliphatic carbocycles. The molecule has 10 aromatic heterocycles. The van der Waals surface area contributed by atoms with Crippen LogP contribution in [0.5, 0.6) is 0 Å². The van der Waals surface area contributed by atoms with Gasteiger partial charge in [0, 0.05) is 109 Å². The number of carboxylic acid groups (broad SMARTS) is 5. The first-order chi connectivity index (χ1) is 69.1. The van der Waals surface area contributed by atoms with Crippen molar-refractivity contribution in [2.75, 3.05) is 26.6 Å². The summed E-state index contributed by atoms with van der Waals surface area (Å²) in [5.41, 5.74) is 16.3. The maximum atomic E-state index is 11.1. The number of carboxylic acids is 5. The first-order valence-electron chi connectivity index (χ1n) is 46.5. The molecular formula is C113H115N15O10S5. The molecule has 15 aromatic rings. The van der Waals surface area contributed by atoms with Crippen LogP contribution in [0.15, 0.2) is 250 Å². The second-order valence-corrected chi connectivity index (χ2v) is 37.5. The number of nitrogens with zero attached hydrogens (tertiary/aromatic N) is 10. The minimum atomic E-state index is -0.948. The van der Waals surface area contributed by atoms with Gasteiger partial charge in [0.05, 0.1) is 53.9 Å². The van der Waals surface area contributed by atoms with Crippen LogP contribution in [-0.4, -0.2) is 105 Å². The number of thiophene rings is 5. The molecule has 15 rings (SSSR count). The van der Waals surface area contributed by atoms with Crippen LogP contribution in [0.3, 0.4) is 0 Å². The highest BCUT2D eigenvalue weighted by Crippen LogP contribution is 2.39. The zero-order valence-electron chi connectivity index (χ0n) is 81.8. The lowest BCUT2D eigenvalue weighted by Gasteiger charge is -2.15. The van der Waals surface area contributed by atoms with Gasteiger partial charge in [0.2, 0.25) is 0 Å². The lowest BCUT2D eigenvalue weighted by molar-refractivity contribution is -0.137. The summed E-state index contributed by atoms with van der Waals surface area (Å²) in [5, 5.41) is 61.9.